The molecule has 0 saturated carbocycles. The van der Waals surface area contributed by atoms with Gasteiger partial charge in [-0.05, 0) is 31.2 Å². The number of pyridine rings is 1. The lowest BCUT2D eigenvalue weighted by Crippen LogP contribution is -2.22. The summed E-state index contributed by atoms with van der Waals surface area (Å²) in [7, 11) is 0. The minimum atomic E-state index is -0.308. The van der Waals surface area contributed by atoms with Crippen molar-refractivity contribution in [3.05, 3.63) is 46.7 Å². The number of carbonyl (C=O) groups excluding carboxylic acids is 1. The summed E-state index contributed by atoms with van der Waals surface area (Å²) in [6, 6.07) is 6.78. The Kier molecular flexibility index (Phi) is 5.33. The third kappa shape index (κ3) is 4.27. The molecule has 1 aromatic heterocycles. The first kappa shape index (κ1) is 15.9. The topological polar surface area (TPSA) is 68.0 Å². The number of thioether (sulfide) groups is 1. The summed E-state index contributed by atoms with van der Waals surface area (Å²) in [4.78, 5) is 17.1. The van der Waals surface area contributed by atoms with Crippen molar-refractivity contribution in [2.75, 3.05) is 11.1 Å². The fourth-order valence-electron chi connectivity index (χ4n) is 1.61. The monoisotopic (exact) mass is 341 g/mol. The Labute approximate surface area is 137 Å². The molecule has 0 saturated heterocycles. The van der Waals surface area contributed by atoms with Crippen molar-refractivity contribution in [2.24, 2.45) is 0 Å². The van der Waals surface area contributed by atoms with Crippen LogP contribution in [0.25, 0.3) is 0 Å². The summed E-state index contributed by atoms with van der Waals surface area (Å²) < 4.78 is 0. The van der Waals surface area contributed by atoms with E-state index in [1.54, 1.807) is 31.5 Å². The van der Waals surface area contributed by atoms with Gasteiger partial charge >= 0.3 is 0 Å². The van der Waals surface area contributed by atoms with Crippen LogP contribution in [0.4, 0.5) is 11.4 Å². The lowest BCUT2D eigenvalue weighted by Gasteiger charge is -2.14. The number of nitrogens with zero attached hydrogens (tertiary/aromatic N) is 1. The summed E-state index contributed by atoms with van der Waals surface area (Å²) in [6.45, 7) is 1.81. The fraction of sp³-hybridized carbons (Fsp3) is 0.143. The minimum Gasteiger partial charge on any atom is -0.399 e. The van der Waals surface area contributed by atoms with Gasteiger partial charge in [-0.3, -0.25) is 9.78 Å². The third-order valence-electron chi connectivity index (χ3n) is 2.64. The van der Waals surface area contributed by atoms with Gasteiger partial charge < -0.3 is 11.1 Å². The molecular weight excluding hydrogens is 329 g/mol. The zero-order chi connectivity index (χ0) is 15.4. The number of carbonyl (C=O) groups is 1. The molecule has 0 aliphatic heterocycles. The Balaban J connectivity index is 2.08. The molecule has 0 fully saturated rings. The number of anilines is 2. The molecule has 21 heavy (non-hydrogen) atoms. The number of amides is 1. The van der Waals surface area contributed by atoms with Gasteiger partial charge in [0.1, 0.15) is 0 Å². The van der Waals surface area contributed by atoms with Crippen molar-refractivity contribution in [3.63, 3.8) is 0 Å². The van der Waals surface area contributed by atoms with Crippen LogP contribution >= 0.6 is 35.0 Å². The number of rotatable bonds is 4. The number of hydrogen-bond acceptors (Lipinski definition) is 4. The Bertz CT molecular complexity index is 629. The van der Waals surface area contributed by atoms with Crippen LogP contribution in [0.5, 0.6) is 0 Å². The Morgan fingerprint density at radius 1 is 1.29 bits per heavy atom. The van der Waals surface area contributed by atoms with E-state index < -0.39 is 0 Å². The minimum absolute atomic E-state index is 0.189. The average molecular weight is 342 g/mol. The predicted octanol–water partition coefficient (Wildman–Crippen LogP) is 4.09. The Morgan fingerprint density at radius 3 is 2.43 bits per heavy atom. The maximum absolute atomic E-state index is 12.2. The van der Waals surface area contributed by atoms with E-state index in [4.69, 9.17) is 28.9 Å². The molecule has 0 aliphatic rings. The highest BCUT2D eigenvalue weighted by molar-refractivity contribution is 8.00. The molecular formula is C14H13Cl2N3OS. The Morgan fingerprint density at radius 2 is 1.86 bits per heavy atom. The van der Waals surface area contributed by atoms with Crippen LogP contribution in [0.3, 0.4) is 0 Å². The molecule has 1 heterocycles. The van der Waals surface area contributed by atoms with Crippen molar-refractivity contribution in [3.8, 4) is 0 Å². The maximum atomic E-state index is 12.2. The number of benzene rings is 1. The van der Waals surface area contributed by atoms with Gasteiger partial charge in [-0.1, -0.05) is 23.2 Å². The molecule has 1 amide bonds. The molecule has 2 rings (SSSR count). The van der Waals surface area contributed by atoms with Crippen LogP contribution in [-0.2, 0) is 4.79 Å². The number of nitrogen functional groups attached to an aromatic ring is 1. The van der Waals surface area contributed by atoms with Crippen molar-refractivity contribution >= 4 is 52.2 Å². The van der Waals surface area contributed by atoms with Crippen molar-refractivity contribution in [2.45, 2.75) is 17.1 Å². The van der Waals surface area contributed by atoms with Crippen LogP contribution in [0, 0.1) is 0 Å². The van der Waals surface area contributed by atoms with E-state index in [0.717, 1.165) is 4.90 Å². The number of nitrogens with one attached hydrogen (secondary N) is 1. The summed E-state index contributed by atoms with van der Waals surface area (Å²) in [5.74, 6) is -0.189. The van der Waals surface area contributed by atoms with E-state index in [0.29, 0.717) is 21.4 Å². The first-order chi connectivity index (χ1) is 9.97. The van der Waals surface area contributed by atoms with Gasteiger partial charge in [0.2, 0.25) is 5.91 Å². The first-order valence-corrected chi connectivity index (χ1v) is 7.73. The predicted molar refractivity (Wildman–Crippen MR) is 89.1 cm³/mol. The summed E-state index contributed by atoms with van der Waals surface area (Å²) in [5, 5.41) is 3.05. The SMILES string of the molecule is CC(Sc1ccncc1)C(=O)Nc1c(Cl)cc(N)cc1Cl. The molecule has 4 nitrogen and oxygen atoms in total. The second-order valence-electron chi connectivity index (χ2n) is 4.29. The molecule has 0 spiro atoms. The smallest absolute Gasteiger partial charge is 0.237 e. The second-order valence-corrected chi connectivity index (χ2v) is 6.52. The molecule has 2 aromatic rings. The number of halogens is 2. The lowest BCUT2D eigenvalue weighted by molar-refractivity contribution is -0.115. The van der Waals surface area contributed by atoms with E-state index in [-0.39, 0.29) is 11.2 Å². The van der Waals surface area contributed by atoms with Crippen molar-refractivity contribution < 1.29 is 4.79 Å². The average Bonchev–Trinajstić information content (AvgIpc) is 2.43. The van der Waals surface area contributed by atoms with Gasteiger partial charge in [0.15, 0.2) is 0 Å². The summed E-state index contributed by atoms with van der Waals surface area (Å²) in [6.07, 6.45) is 3.36. The fourth-order valence-corrected chi connectivity index (χ4v) is 3.06. The number of nitrogens with two attached hydrogens (primary N) is 1. The molecule has 1 aromatic carbocycles. The molecule has 1 unspecified atom stereocenters. The zero-order valence-corrected chi connectivity index (χ0v) is 13.5. The quantitative estimate of drug-likeness (QED) is 0.649. The molecule has 3 N–H and O–H groups in total. The zero-order valence-electron chi connectivity index (χ0n) is 11.1. The normalized spacial score (nSPS) is 12.0. The van der Waals surface area contributed by atoms with Crippen molar-refractivity contribution in [1.82, 2.24) is 4.98 Å². The van der Waals surface area contributed by atoms with Gasteiger partial charge in [-0.2, -0.15) is 0 Å². The van der Waals surface area contributed by atoms with E-state index in [1.807, 2.05) is 12.1 Å². The van der Waals surface area contributed by atoms with Gasteiger partial charge in [-0.15, -0.1) is 11.8 Å². The van der Waals surface area contributed by atoms with E-state index in [1.165, 1.54) is 11.8 Å². The van der Waals surface area contributed by atoms with Crippen LogP contribution in [0.2, 0.25) is 10.0 Å². The third-order valence-corrected chi connectivity index (χ3v) is 4.35. The number of aromatic nitrogens is 1. The second kappa shape index (κ2) is 7.02. The highest BCUT2D eigenvalue weighted by Gasteiger charge is 2.17. The van der Waals surface area contributed by atoms with E-state index >= 15 is 0 Å². The summed E-state index contributed by atoms with van der Waals surface area (Å²) >= 11 is 13.5. The van der Waals surface area contributed by atoms with Crippen LogP contribution in [0.15, 0.2) is 41.6 Å². The summed E-state index contributed by atoms with van der Waals surface area (Å²) in [5.41, 5.74) is 6.45. The number of hydrogen-bond donors (Lipinski definition) is 2. The van der Waals surface area contributed by atoms with Gasteiger partial charge in [0, 0.05) is 23.0 Å². The highest BCUT2D eigenvalue weighted by atomic mass is 35.5. The molecule has 7 heteroatoms. The Hall–Kier alpha value is -1.43. The van der Waals surface area contributed by atoms with Gasteiger partial charge in [0.05, 0.1) is 21.0 Å². The first-order valence-electron chi connectivity index (χ1n) is 6.09. The molecule has 0 radical (unpaired) electrons. The standard InChI is InChI=1S/C14H13Cl2N3OS/c1-8(21-10-2-4-18-5-3-10)14(20)19-13-11(15)6-9(17)7-12(13)16/h2-8H,17H2,1H3,(H,19,20). The van der Waals surface area contributed by atoms with Crippen LogP contribution < -0.4 is 11.1 Å². The maximum Gasteiger partial charge on any atom is 0.237 e. The van der Waals surface area contributed by atoms with E-state index in [9.17, 15) is 4.79 Å². The van der Waals surface area contributed by atoms with Crippen LogP contribution in [-0.4, -0.2) is 16.1 Å². The molecule has 0 aliphatic carbocycles. The molecule has 110 valence electrons. The van der Waals surface area contributed by atoms with Crippen LogP contribution in [0.1, 0.15) is 6.92 Å². The van der Waals surface area contributed by atoms with Crippen molar-refractivity contribution in [1.29, 1.82) is 0 Å². The van der Waals surface area contributed by atoms with E-state index in [2.05, 4.69) is 10.3 Å². The van der Waals surface area contributed by atoms with Gasteiger partial charge in [-0.25, -0.2) is 0 Å². The largest absolute Gasteiger partial charge is 0.399 e. The lowest BCUT2D eigenvalue weighted by atomic mass is 10.2. The van der Waals surface area contributed by atoms with Gasteiger partial charge in [0.25, 0.3) is 0 Å². The highest BCUT2D eigenvalue weighted by Crippen LogP contribution is 2.33. The molecule has 1 atom stereocenters. The molecule has 0 bridgehead atoms.